The third kappa shape index (κ3) is 6.73. The van der Waals surface area contributed by atoms with Crippen molar-refractivity contribution in [3.8, 4) is 11.5 Å². The van der Waals surface area contributed by atoms with Gasteiger partial charge < -0.3 is 14.8 Å². The Balaban J connectivity index is 1.60. The maximum atomic E-state index is 12.8. The summed E-state index contributed by atoms with van der Waals surface area (Å²) in [4.78, 5) is 12.4. The Morgan fingerprint density at radius 3 is 2.30 bits per heavy atom. The van der Waals surface area contributed by atoms with Gasteiger partial charge in [0, 0.05) is 5.69 Å². The van der Waals surface area contributed by atoms with Crippen LogP contribution >= 0.6 is 0 Å². The molecule has 1 amide bonds. The molecule has 0 saturated heterocycles. The number of aryl methyl sites for hydroxylation is 1. The largest absolute Gasteiger partial charge is 0.494 e. The van der Waals surface area contributed by atoms with Crippen LogP contribution in [0.3, 0.4) is 0 Å². The second-order valence-electron chi connectivity index (χ2n) is 7.48. The molecule has 0 bridgehead atoms. The number of benzene rings is 3. The number of rotatable bonds is 10. The highest BCUT2D eigenvalue weighted by molar-refractivity contribution is 7.92. The fourth-order valence-corrected chi connectivity index (χ4v) is 4.35. The van der Waals surface area contributed by atoms with Crippen LogP contribution in [0, 0.1) is 6.92 Å². The zero-order valence-electron chi connectivity index (χ0n) is 18.9. The molecule has 3 rings (SSSR count). The number of hydrogen-bond acceptors (Lipinski definition) is 5. The van der Waals surface area contributed by atoms with Gasteiger partial charge in [-0.1, -0.05) is 30.3 Å². The summed E-state index contributed by atoms with van der Waals surface area (Å²) >= 11 is 0. The fraction of sp³-hybridized carbons (Fsp3) is 0.240. The minimum atomic E-state index is -3.78. The number of nitrogens with one attached hydrogen (secondary N) is 2. The summed E-state index contributed by atoms with van der Waals surface area (Å²) in [7, 11) is -3.78. The Hall–Kier alpha value is -3.52. The van der Waals surface area contributed by atoms with Gasteiger partial charge in [0.15, 0.2) is 6.61 Å². The number of hydrogen-bond donors (Lipinski definition) is 2. The lowest BCUT2D eigenvalue weighted by atomic mass is 10.1. The highest BCUT2D eigenvalue weighted by Gasteiger charge is 2.17. The number of carbonyl (C=O) groups excluding carboxylic acids is 1. The summed E-state index contributed by atoms with van der Waals surface area (Å²) in [6, 6.07) is 20.7. The van der Waals surface area contributed by atoms with Crippen LogP contribution in [-0.4, -0.2) is 27.5 Å². The quantitative estimate of drug-likeness (QED) is 0.459. The average molecular weight is 469 g/mol. The lowest BCUT2D eigenvalue weighted by Crippen LogP contribution is -2.31. The van der Waals surface area contributed by atoms with Crippen LogP contribution in [-0.2, 0) is 14.8 Å². The van der Waals surface area contributed by atoms with Crippen molar-refractivity contribution >= 4 is 21.6 Å². The van der Waals surface area contributed by atoms with E-state index in [0.717, 1.165) is 5.56 Å². The van der Waals surface area contributed by atoms with Gasteiger partial charge in [0.1, 0.15) is 11.5 Å². The monoisotopic (exact) mass is 468 g/mol. The first kappa shape index (κ1) is 24.1. The van der Waals surface area contributed by atoms with E-state index in [1.807, 2.05) is 44.2 Å². The number of sulfonamides is 1. The van der Waals surface area contributed by atoms with Gasteiger partial charge in [0.05, 0.1) is 17.5 Å². The standard InChI is InChI=1S/C25H28N2O5S/c1-4-31-22-12-10-21(11-13-22)27-33(29,30)23-14-15-24(18(2)16-23)32-17-25(28)26-19(3)20-8-6-5-7-9-20/h5-16,19,27H,4,17H2,1-3H3,(H,26,28)/t19-/m0/s1. The van der Waals surface area contributed by atoms with Crippen LogP contribution in [0.25, 0.3) is 0 Å². The minimum absolute atomic E-state index is 0.100. The van der Waals surface area contributed by atoms with Gasteiger partial charge in [-0.3, -0.25) is 9.52 Å². The Morgan fingerprint density at radius 2 is 1.67 bits per heavy atom. The SMILES string of the molecule is CCOc1ccc(NS(=O)(=O)c2ccc(OCC(=O)N[C@@H](C)c3ccccc3)c(C)c2)cc1. The third-order valence-corrected chi connectivity index (χ3v) is 6.29. The van der Waals surface area contributed by atoms with E-state index in [1.54, 1.807) is 37.3 Å². The van der Waals surface area contributed by atoms with Crippen LogP contribution in [0.2, 0.25) is 0 Å². The van der Waals surface area contributed by atoms with E-state index in [2.05, 4.69) is 10.0 Å². The van der Waals surface area contributed by atoms with E-state index in [4.69, 9.17) is 9.47 Å². The van der Waals surface area contributed by atoms with Crippen LogP contribution in [0.5, 0.6) is 11.5 Å². The van der Waals surface area contributed by atoms with E-state index in [-0.39, 0.29) is 23.5 Å². The molecule has 3 aromatic carbocycles. The first-order chi connectivity index (χ1) is 15.8. The van der Waals surface area contributed by atoms with Crippen molar-refractivity contribution in [3.63, 3.8) is 0 Å². The molecule has 0 heterocycles. The summed E-state index contributed by atoms with van der Waals surface area (Å²) < 4.78 is 39.0. The Bertz CT molecular complexity index is 1180. The first-order valence-electron chi connectivity index (χ1n) is 10.6. The molecule has 0 saturated carbocycles. The van der Waals surface area contributed by atoms with E-state index >= 15 is 0 Å². The van der Waals surface area contributed by atoms with Gasteiger partial charge >= 0.3 is 0 Å². The molecule has 7 nitrogen and oxygen atoms in total. The predicted molar refractivity (Wildman–Crippen MR) is 128 cm³/mol. The van der Waals surface area contributed by atoms with E-state index in [0.29, 0.717) is 29.4 Å². The molecule has 0 aliphatic rings. The van der Waals surface area contributed by atoms with Crippen molar-refractivity contribution in [3.05, 3.63) is 83.9 Å². The summed E-state index contributed by atoms with van der Waals surface area (Å²) in [5.41, 5.74) is 2.03. The normalized spacial score (nSPS) is 12.0. The molecule has 0 fully saturated rings. The third-order valence-electron chi connectivity index (χ3n) is 4.91. The van der Waals surface area contributed by atoms with Crippen LogP contribution in [0.4, 0.5) is 5.69 Å². The molecule has 0 radical (unpaired) electrons. The molecule has 0 aliphatic heterocycles. The van der Waals surface area contributed by atoms with Gasteiger partial charge in [-0.25, -0.2) is 8.42 Å². The van der Waals surface area contributed by atoms with E-state index in [1.165, 1.54) is 12.1 Å². The van der Waals surface area contributed by atoms with Crippen molar-refractivity contribution in [1.29, 1.82) is 0 Å². The number of anilines is 1. The van der Waals surface area contributed by atoms with Gasteiger partial charge in [-0.05, 0) is 74.4 Å². The highest BCUT2D eigenvalue weighted by atomic mass is 32.2. The van der Waals surface area contributed by atoms with Crippen molar-refractivity contribution < 1.29 is 22.7 Å². The molecular weight excluding hydrogens is 440 g/mol. The van der Waals surface area contributed by atoms with Gasteiger partial charge in [-0.15, -0.1) is 0 Å². The molecule has 33 heavy (non-hydrogen) atoms. The lowest BCUT2D eigenvalue weighted by Gasteiger charge is -2.15. The zero-order valence-corrected chi connectivity index (χ0v) is 19.7. The van der Waals surface area contributed by atoms with E-state index < -0.39 is 10.0 Å². The predicted octanol–water partition coefficient (Wildman–Crippen LogP) is 4.45. The van der Waals surface area contributed by atoms with Gasteiger partial charge in [0.2, 0.25) is 0 Å². The molecule has 0 aliphatic carbocycles. The molecular formula is C25H28N2O5S. The van der Waals surface area contributed by atoms with Crippen molar-refractivity contribution in [2.45, 2.75) is 31.7 Å². The second kappa shape index (κ2) is 10.9. The van der Waals surface area contributed by atoms with Crippen LogP contribution in [0.1, 0.15) is 31.0 Å². The van der Waals surface area contributed by atoms with Gasteiger partial charge in [0.25, 0.3) is 15.9 Å². The molecule has 2 N–H and O–H groups in total. The molecule has 0 spiro atoms. The van der Waals surface area contributed by atoms with E-state index in [9.17, 15) is 13.2 Å². The summed E-state index contributed by atoms with van der Waals surface area (Å²) in [5, 5.41) is 2.88. The Kier molecular flexibility index (Phi) is 7.95. The number of ether oxygens (including phenoxy) is 2. The van der Waals surface area contributed by atoms with Crippen molar-refractivity contribution in [2.75, 3.05) is 17.9 Å². The number of carbonyl (C=O) groups is 1. The molecule has 3 aromatic rings. The zero-order chi connectivity index (χ0) is 23.8. The summed E-state index contributed by atoms with van der Waals surface area (Å²) in [5.74, 6) is 0.845. The topological polar surface area (TPSA) is 93.7 Å². The Morgan fingerprint density at radius 1 is 0.970 bits per heavy atom. The van der Waals surface area contributed by atoms with Crippen LogP contribution in [0.15, 0.2) is 77.7 Å². The minimum Gasteiger partial charge on any atom is -0.494 e. The maximum absolute atomic E-state index is 12.8. The highest BCUT2D eigenvalue weighted by Crippen LogP contribution is 2.24. The lowest BCUT2D eigenvalue weighted by molar-refractivity contribution is -0.123. The van der Waals surface area contributed by atoms with Crippen LogP contribution < -0.4 is 19.5 Å². The number of amides is 1. The first-order valence-corrected chi connectivity index (χ1v) is 12.1. The smallest absolute Gasteiger partial charge is 0.261 e. The molecule has 174 valence electrons. The van der Waals surface area contributed by atoms with Crippen molar-refractivity contribution in [1.82, 2.24) is 5.32 Å². The maximum Gasteiger partial charge on any atom is 0.261 e. The summed E-state index contributed by atoms with van der Waals surface area (Å²) in [6.45, 7) is 5.87. The average Bonchev–Trinajstić information content (AvgIpc) is 2.80. The molecule has 0 aromatic heterocycles. The molecule has 1 atom stereocenters. The molecule has 0 unspecified atom stereocenters. The van der Waals surface area contributed by atoms with Crippen molar-refractivity contribution in [2.24, 2.45) is 0 Å². The van der Waals surface area contributed by atoms with Gasteiger partial charge in [-0.2, -0.15) is 0 Å². The Labute approximate surface area is 194 Å². The summed E-state index contributed by atoms with van der Waals surface area (Å²) in [6.07, 6.45) is 0. The fourth-order valence-electron chi connectivity index (χ4n) is 3.20. The molecule has 8 heteroatoms. The second-order valence-corrected chi connectivity index (χ2v) is 9.16.